The van der Waals surface area contributed by atoms with Crippen LogP contribution in [0.4, 0.5) is 0 Å². The molecule has 2 aromatic rings. The van der Waals surface area contributed by atoms with Crippen LogP contribution < -0.4 is 9.47 Å². The molecule has 2 heterocycles. The van der Waals surface area contributed by atoms with Crippen molar-refractivity contribution in [1.82, 2.24) is 0 Å². The predicted molar refractivity (Wildman–Crippen MR) is 83.8 cm³/mol. The van der Waals surface area contributed by atoms with Crippen LogP contribution in [0.25, 0.3) is 0 Å². The Morgan fingerprint density at radius 3 is 3.10 bits per heavy atom. The van der Waals surface area contributed by atoms with Crippen LogP contribution >= 0.6 is 27.3 Å². The van der Waals surface area contributed by atoms with Gasteiger partial charge in [-0.1, -0.05) is 15.9 Å². The monoisotopic (exact) mass is 368 g/mol. The van der Waals surface area contributed by atoms with Crippen molar-refractivity contribution in [2.45, 2.75) is 19.4 Å². The molecule has 0 saturated heterocycles. The van der Waals surface area contributed by atoms with E-state index in [1.807, 2.05) is 25.1 Å². The number of carboxylic acid groups (broad SMARTS) is 1. The van der Waals surface area contributed by atoms with Crippen LogP contribution in [0.1, 0.15) is 20.1 Å². The van der Waals surface area contributed by atoms with Gasteiger partial charge in [-0.15, -0.1) is 11.3 Å². The van der Waals surface area contributed by atoms with Gasteiger partial charge in [0.1, 0.15) is 24.2 Å². The van der Waals surface area contributed by atoms with Crippen molar-refractivity contribution in [2.24, 2.45) is 0 Å². The van der Waals surface area contributed by atoms with Gasteiger partial charge in [-0.05, 0) is 36.8 Å². The number of thiophene rings is 1. The standard InChI is InChI=1S/C15H13BrO4S/c1-8-4-13(14(21-8)15(17)18)19-7-11-6-9-5-10(16)2-3-12(9)20-11/h2-5,11H,6-7H2,1H3,(H,17,18). The SMILES string of the molecule is Cc1cc(OCC2Cc3cc(Br)ccc3O2)c(C(=O)O)s1. The summed E-state index contributed by atoms with van der Waals surface area (Å²) in [6, 6.07) is 7.66. The molecule has 1 aliphatic rings. The van der Waals surface area contributed by atoms with Gasteiger partial charge in [0.2, 0.25) is 0 Å². The van der Waals surface area contributed by atoms with Crippen LogP contribution in [0, 0.1) is 6.92 Å². The molecule has 0 aliphatic carbocycles. The summed E-state index contributed by atoms with van der Waals surface area (Å²) in [6.45, 7) is 2.20. The first-order chi connectivity index (χ1) is 10.0. The average Bonchev–Trinajstić information content (AvgIpc) is 2.98. The number of benzene rings is 1. The molecule has 0 bridgehead atoms. The van der Waals surface area contributed by atoms with Crippen molar-refractivity contribution in [1.29, 1.82) is 0 Å². The second-order valence-corrected chi connectivity index (χ2v) is 7.03. The first-order valence-electron chi connectivity index (χ1n) is 6.44. The number of hydrogen-bond acceptors (Lipinski definition) is 4. The first-order valence-corrected chi connectivity index (χ1v) is 8.05. The summed E-state index contributed by atoms with van der Waals surface area (Å²) in [5, 5.41) is 9.14. The zero-order chi connectivity index (χ0) is 15.0. The highest BCUT2D eigenvalue weighted by molar-refractivity contribution is 9.10. The number of carbonyl (C=O) groups is 1. The van der Waals surface area contributed by atoms with E-state index in [1.165, 1.54) is 11.3 Å². The third-order valence-corrected chi connectivity index (χ3v) is 4.72. The molecule has 4 nitrogen and oxygen atoms in total. The summed E-state index contributed by atoms with van der Waals surface area (Å²) in [4.78, 5) is 12.3. The molecule has 0 amide bonds. The topological polar surface area (TPSA) is 55.8 Å². The molecule has 1 aromatic carbocycles. The fourth-order valence-electron chi connectivity index (χ4n) is 2.31. The van der Waals surface area contributed by atoms with E-state index in [1.54, 1.807) is 6.07 Å². The van der Waals surface area contributed by atoms with E-state index < -0.39 is 5.97 Å². The number of halogens is 1. The van der Waals surface area contributed by atoms with Gasteiger partial charge in [-0.3, -0.25) is 0 Å². The first kappa shape index (κ1) is 14.4. The molecule has 3 rings (SSSR count). The molecular formula is C15H13BrO4S. The molecule has 21 heavy (non-hydrogen) atoms. The van der Waals surface area contributed by atoms with Crippen LogP contribution in [0.3, 0.4) is 0 Å². The largest absolute Gasteiger partial charge is 0.488 e. The third kappa shape index (κ3) is 3.06. The van der Waals surface area contributed by atoms with Gasteiger partial charge in [-0.25, -0.2) is 4.79 Å². The lowest BCUT2D eigenvalue weighted by Gasteiger charge is -2.12. The summed E-state index contributed by atoms with van der Waals surface area (Å²) in [5.74, 6) is 0.333. The van der Waals surface area contributed by atoms with Crippen LogP contribution in [-0.2, 0) is 6.42 Å². The normalized spacial score (nSPS) is 16.4. The lowest BCUT2D eigenvalue weighted by Crippen LogP contribution is -2.22. The van der Waals surface area contributed by atoms with Gasteiger partial charge in [0, 0.05) is 15.8 Å². The molecule has 1 atom stereocenters. The maximum absolute atomic E-state index is 11.1. The molecule has 0 fully saturated rings. The number of ether oxygens (including phenoxy) is 2. The minimum Gasteiger partial charge on any atom is -0.488 e. The summed E-state index contributed by atoms with van der Waals surface area (Å²) in [7, 11) is 0. The van der Waals surface area contributed by atoms with E-state index in [-0.39, 0.29) is 11.0 Å². The Hall–Kier alpha value is -1.53. The Balaban J connectivity index is 1.66. The van der Waals surface area contributed by atoms with Gasteiger partial charge in [0.25, 0.3) is 0 Å². The summed E-state index contributed by atoms with van der Waals surface area (Å²) in [6.07, 6.45) is 0.677. The maximum atomic E-state index is 11.1. The Morgan fingerprint density at radius 1 is 1.52 bits per heavy atom. The molecular weight excluding hydrogens is 356 g/mol. The molecule has 1 N–H and O–H groups in total. The fraction of sp³-hybridized carbons (Fsp3) is 0.267. The van der Waals surface area contributed by atoms with E-state index in [9.17, 15) is 4.79 Å². The molecule has 1 aliphatic heterocycles. The lowest BCUT2D eigenvalue weighted by molar-refractivity contribution is 0.0694. The van der Waals surface area contributed by atoms with E-state index in [2.05, 4.69) is 15.9 Å². The van der Waals surface area contributed by atoms with Crippen molar-refractivity contribution < 1.29 is 19.4 Å². The van der Waals surface area contributed by atoms with Gasteiger partial charge < -0.3 is 14.6 Å². The number of rotatable bonds is 4. The van der Waals surface area contributed by atoms with Gasteiger partial charge in [0.05, 0.1) is 0 Å². The van der Waals surface area contributed by atoms with E-state index in [4.69, 9.17) is 14.6 Å². The molecule has 0 radical (unpaired) electrons. The number of aryl methyl sites for hydroxylation is 1. The van der Waals surface area contributed by atoms with Crippen LogP contribution in [0.15, 0.2) is 28.7 Å². The lowest BCUT2D eigenvalue weighted by atomic mass is 10.1. The van der Waals surface area contributed by atoms with E-state index in [0.717, 1.165) is 27.1 Å². The molecule has 1 aromatic heterocycles. The Morgan fingerprint density at radius 2 is 2.33 bits per heavy atom. The van der Waals surface area contributed by atoms with Crippen LogP contribution in [0.2, 0.25) is 0 Å². The summed E-state index contributed by atoms with van der Waals surface area (Å²) < 4.78 is 12.5. The number of fused-ring (bicyclic) bond motifs is 1. The number of carboxylic acids is 1. The van der Waals surface area contributed by atoms with Gasteiger partial charge in [-0.2, -0.15) is 0 Å². The third-order valence-electron chi connectivity index (χ3n) is 3.20. The highest BCUT2D eigenvalue weighted by Gasteiger charge is 2.24. The summed E-state index contributed by atoms with van der Waals surface area (Å²) in [5.41, 5.74) is 1.14. The maximum Gasteiger partial charge on any atom is 0.349 e. The van der Waals surface area contributed by atoms with Crippen molar-refractivity contribution >= 4 is 33.2 Å². The Labute approximate surface area is 134 Å². The molecule has 110 valence electrons. The quantitative estimate of drug-likeness (QED) is 0.888. The smallest absolute Gasteiger partial charge is 0.349 e. The highest BCUT2D eigenvalue weighted by Crippen LogP contribution is 2.33. The Kier molecular flexibility index (Phi) is 3.91. The van der Waals surface area contributed by atoms with Crippen LogP contribution in [0.5, 0.6) is 11.5 Å². The minimum atomic E-state index is -0.956. The molecule has 1 unspecified atom stereocenters. The molecule has 0 spiro atoms. The zero-order valence-electron chi connectivity index (χ0n) is 11.3. The zero-order valence-corrected chi connectivity index (χ0v) is 13.7. The van der Waals surface area contributed by atoms with Crippen molar-refractivity contribution in [3.63, 3.8) is 0 Å². The average molecular weight is 369 g/mol. The predicted octanol–water partition coefficient (Wildman–Crippen LogP) is 3.90. The number of aromatic carboxylic acids is 1. The second-order valence-electron chi connectivity index (χ2n) is 4.86. The fourth-order valence-corrected chi connectivity index (χ4v) is 3.51. The van der Waals surface area contributed by atoms with E-state index in [0.29, 0.717) is 12.4 Å². The van der Waals surface area contributed by atoms with Crippen molar-refractivity contribution in [2.75, 3.05) is 6.61 Å². The number of hydrogen-bond donors (Lipinski definition) is 1. The van der Waals surface area contributed by atoms with Crippen LogP contribution in [-0.4, -0.2) is 23.8 Å². The minimum absolute atomic E-state index is 0.0869. The summed E-state index contributed by atoms with van der Waals surface area (Å²) >= 11 is 4.66. The second kappa shape index (κ2) is 5.69. The Bertz CT molecular complexity index is 695. The van der Waals surface area contributed by atoms with Crippen molar-refractivity contribution in [3.8, 4) is 11.5 Å². The van der Waals surface area contributed by atoms with Crippen molar-refractivity contribution in [3.05, 3.63) is 44.1 Å². The molecule has 6 heteroatoms. The van der Waals surface area contributed by atoms with E-state index >= 15 is 0 Å². The van der Waals surface area contributed by atoms with Gasteiger partial charge in [0.15, 0.2) is 4.88 Å². The highest BCUT2D eigenvalue weighted by atomic mass is 79.9. The van der Waals surface area contributed by atoms with Gasteiger partial charge >= 0.3 is 5.97 Å². The molecule has 0 saturated carbocycles.